The first-order valence-corrected chi connectivity index (χ1v) is 3.80. The Morgan fingerprint density at radius 2 is 1.64 bits per heavy atom. The molecule has 0 aromatic carbocycles. The number of thiocarbonyl (C=S) groups is 1. The van der Waals surface area contributed by atoms with Gasteiger partial charge in [0.25, 0.3) is 0 Å². The molecule has 0 heterocycles. The maximum Gasteiger partial charge on any atom is 0.145 e. The van der Waals surface area contributed by atoms with E-state index in [-0.39, 0.29) is 0 Å². The fourth-order valence-electron chi connectivity index (χ4n) is 0.191. The van der Waals surface area contributed by atoms with Gasteiger partial charge in [0.15, 0.2) is 0 Å². The van der Waals surface area contributed by atoms with Gasteiger partial charge in [0.05, 0.1) is 0 Å². The molecule has 0 aromatic rings. The van der Waals surface area contributed by atoms with Crippen LogP contribution in [0.15, 0.2) is 0 Å². The average molecular weight is 196 g/mol. The Morgan fingerprint density at radius 1 is 1.36 bits per heavy atom. The summed E-state index contributed by atoms with van der Waals surface area (Å²) in [6.45, 7) is 0. The molecule has 0 saturated carbocycles. The summed E-state index contributed by atoms with van der Waals surface area (Å²) in [7, 11) is 7.26. The molecule has 0 aliphatic heterocycles. The van der Waals surface area contributed by atoms with Gasteiger partial charge in [-0.05, 0) is 0 Å². The Balaban J connectivity index is 0. The normalized spacial score (nSPS) is 9.09. The Kier molecular flexibility index (Phi) is 10.2. The fourth-order valence-corrected chi connectivity index (χ4v) is 0.574. The summed E-state index contributed by atoms with van der Waals surface area (Å²) < 4.78 is 0.491. The van der Waals surface area contributed by atoms with E-state index in [2.05, 4.69) is 30.3 Å². The van der Waals surface area contributed by atoms with Crippen LogP contribution in [0.2, 0.25) is 0 Å². The number of nitrogens with zero attached hydrogens (tertiary/aromatic N) is 2. The lowest BCUT2D eigenvalue weighted by Crippen LogP contribution is -2.31. The molecule has 3 N–H and O–H groups in total. The number of hydrogen-bond acceptors (Lipinski definition) is 4. The van der Waals surface area contributed by atoms with Gasteiger partial charge in [-0.3, -0.25) is 10.9 Å². The number of hydrazine groups is 2. The molecule has 0 fully saturated rings. The molecule has 0 amide bonds. The van der Waals surface area contributed by atoms with E-state index in [1.165, 1.54) is 5.01 Å². The van der Waals surface area contributed by atoms with Crippen molar-refractivity contribution in [2.45, 2.75) is 0 Å². The highest BCUT2D eigenvalue weighted by Crippen LogP contribution is 1.75. The van der Waals surface area contributed by atoms with Gasteiger partial charge < -0.3 is 5.43 Å². The molecule has 0 radical (unpaired) electrons. The van der Waals surface area contributed by atoms with E-state index < -0.39 is 0 Å². The van der Waals surface area contributed by atoms with E-state index in [0.29, 0.717) is 4.32 Å². The van der Waals surface area contributed by atoms with E-state index in [4.69, 9.17) is 5.84 Å². The lowest BCUT2D eigenvalue weighted by Gasteiger charge is -2.09. The largest absolute Gasteiger partial charge is 0.305 e. The molecular formula is C5H16N4S2. The van der Waals surface area contributed by atoms with Crippen molar-refractivity contribution in [2.75, 3.05) is 28.2 Å². The predicted octanol–water partition coefficient (Wildman–Crippen LogP) is -0.311. The van der Waals surface area contributed by atoms with Crippen molar-refractivity contribution in [2.24, 2.45) is 5.84 Å². The van der Waals surface area contributed by atoms with Crippen LogP contribution in [0, 0.1) is 0 Å². The minimum atomic E-state index is 0.491. The standard InChI is InChI=1S/C3H8N2S2.C2H8N2/c1-5(2)4-3(6)7;1-4(2)3/h1-2H3,(H2,4,6,7);3H2,1-2H3. The van der Waals surface area contributed by atoms with Gasteiger partial charge in [-0.2, -0.15) is 0 Å². The predicted molar refractivity (Wildman–Crippen MR) is 56.3 cm³/mol. The van der Waals surface area contributed by atoms with Crippen molar-refractivity contribution in [3.8, 4) is 0 Å². The van der Waals surface area contributed by atoms with E-state index in [9.17, 15) is 0 Å². The monoisotopic (exact) mass is 196 g/mol. The van der Waals surface area contributed by atoms with E-state index in [1.54, 1.807) is 19.1 Å². The highest BCUT2D eigenvalue weighted by molar-refractivity contribution is 8.11. The second-order valence-corrected chi connectivity index (χ2v) is 3.43. The molecule has 0 spiro atoms. The third-order valence-electron chi connectivity index (χ3n) is 0.319. The molecule has 0 aromatic heterocycles. The van der Waals surface area contributed by atoms with Gasteiger partial charge in [-0.25, -0.2) is 5.01 Å². The molecule has 0 rings (SSSR count). The number of nitrogens with one attached hydrogen (secondary N) is 1. The zero-order chi connectivity index (χ0) is 9.44. The SMILES string of the molecule is CN(C)N.CN(C)NC(=S)S. The second-order valence-electron chi connectivity index (χ2n) is 2.27. The van der Waals surface area contributed by atoms with Crippen LogP contribution in [0.3, 0.4) is 0 Å². The molecule has 0 aliphatic rings. The molecular weight excluding hydrogens is 180 g/mol. The molecule has 0 bridgehead atoms. The van der Waals surface area contributed by atoms with Crippen molar-refractivity contribution in [3.63, 3.8) is 0 Å². The maximum absolute atomic E-state index is 4.94. The van der Waals surface area contributed by atoms with Gasteiger partial charge in [0.2, 0.25) is 0 Å². The van der Waals surface area contributed by atoms with E-state index in [1.807, 2.05) is 14.1 Å². The van der Waals surface area contributed by atoms with Gasteiger partial charge in [-0.1, -0.05) is 12.2 Å². The summed E-state index contributed by atoms with van der Waals surface area (Å²) in [6, 6.07) is 0. The van der Waals surface area contributed by atoms with Crippen LogP contribution in [0.25, 0.3) is 0 Å². The van der Waals surface area contributed by atoms with Crippen LogP contribution in [0.4, 0.5) is 0 Å². The molecule has 0 aliphatic carbocycles. The number of rotatable bonds is 1. The molecule has 0 saturated heterocycles. The maximum atomic E-state index is 4.94. The topological polar surface area (TPSA) is 44.5 Å². The molecule has 0 atom stereocenters. The highest BCUT2D eigenvalue weighted by atomic mass is 32.1. The van der Waals surface area contributed by atoms with Crippen molar-refractivity contribution in [3.05, 3.63) is 0 Å². The lowest BCUT2D eigenvalue weighted by molar-refractivity contribution is 0.368. The van der Waals surface area contributed by atoms with E-state index >= 15 is 0 Å². The van der Waals surface area contributed by atoms with Gasteiger partial charge in [0.1, 0.15) is 4.32 Å². The summed E-state index contributed by atoms with van der Waals surface area (Å²) in [4.78, 5) is 0. The summed E-state index contributed by atoms with van der Waals surface area (Å²) in [5, 5.41) is 3.23. The Bertz CT molecular complexity index is 102. The third kappa shape index (κ3) is 39.3. The average Bonchev–Trinajstić information content (AvgIpc) is 1.56. The number of thiol groups is 1. The first kappa shape index (κ1) is 13.7. The van der Waals surface area contributed by atoms with Gasteiger partial charge in [-0.15, -0.1) is 12.6 Å². The van der Waals surface area contributed by atoms with Crippen molar-refractivity contribution in [1.29, 1.82) is 0 Å². The van der Waals surface area contributed by atoms with Crippen LogP contribution >= 0.6 is 24.8 Å². The quantitative estimate of drug-likeness (QED) is 0.232. The smallest absolute Gasteiger partial charge is 0.145 e. The zero-order valence-corrected chi connectivity index (χ0v) is 9.04. The second kappa shape index (κ2) is 8.22. The van der Waals surface area contributed by atoms with Crippen molar-refractivity contribution in [1.82, 2.24) is 15.4 Å². The van der Waals surface area contributed by atoms with E-state index in [0.717, 1.165) is 0 Å². The van der Waals surface area contributed by atoms with Crippen LogP contribution in [0.5, 0.6) is 0 Å². The van der Waals surface area contributed by atoms with Gasteiger partial charge >= 0.3 is 0 Å². The summed E-state index contributed by atoms with van der Waals surface area (Å²) >= 11 is 8.40. The van der Waals surface area contributed by atoms with Crippen LogP contribution in [0.1, 0.15) is 0 Å². The molecule has 0 unspecified atom stereocenters. The van der Waals surface area contributed by atoms with Crippen LogP contribution in [-0.2, 0) is 0 Å². The lowest BCUT2D eigenvalue weighted by atomic mass is 11.1. The molecule has 68 valence electrons. The molecule has 11 heavy (non-hydrogen) atoms. The number of nitrogens with two attached hydrogens (primary N) is 1. The van der Waals surface area contributed by atoms with Crippen LogP contribution in [-0.4, -0.2) is 42.5 Å². The van der Waals surface area contributed by atoms with Crippen LogP contribution < -0.4 is 11.3 Å². The third-order valence-corrected chi connectivity index (χ3v) is 0.511. The first-order chi connectivity index (χ1) is 4.86. The Labute approximate surface area is 79.1 Å². The van der Waals surface area contributed by atoms with Crippen molar-refractivity contribution < 1.29 is 0 Å². The Morgan fingerprint density at radius 3 is 1.64 bits per heavy atom. The summed E-state index contributed by atoms with van der Waals surface area (Å²) in [5.74, 6) is 4.94. The first-order valence-electron chi connectivity index (χ1n) is 2.95. The zero-order valence-electron chi connectivity index (χ0n) is 7.33. The summed E-state index contributed by atoms with van der Waals surface area (Å²) in [5.41, 5.74) is 2.73. The fraction of sp³-hybridized carbons (Fsp3) is 0.800. The minimum Gasteiger partial charge on any atom is -0.305 e. The van der Waals surface area contributed by atoms with Crippen molar-refractivity contribution >= 4 is 29.2 Å². The molecule has 4 nitrogen and oxygen atoms in total. The Hall–Kier alpha value is 0.120. The van der Waals surface area contributed by atoms with Gasteiger partial charge in [0, 0.05) is 28.2 Å². The summed E-state index contributed by atoms with van der Waals surface area (Å²) in [6.07, 6.45) is 0. The minimum absolute atomic E-state index is 0.491. The number of hydrogen-bond donors (Lipinski definition) is 3. The molecule has 6 heteroatoms. The highest BCUT2D eigenvalue weighted by Gasteiger charge is 1.84.